The fraction of sp³-hybridized carbons (Fsp3) is 0.139. The van der Waals surface area contributed by atoms with Gasteiger partial charge in [0.15, 0.2) is 4.80 Å². The van der Waals surface area contributed by atoms with E-state index in [1.54, 1.807) is 56.5 Å². The number of halogens is 1. The first kappa shape index (κ1) is 29.8. The average molecular weight is 621 g/mol. The number of para-hydroxylation sites is 1. The first-order valence-electron chi connectivity index (χ1n) is 14.4. The summed E-state index contributed by atoms with van der Waals surface area (Å²) in [5.74, 6) is 0.159. The van der Waals surface area contributed by atoms with Gasteiger partial charge in [-0.2, -0.15) is 0 Å². The molecule has 0 fully saturated rings. The number of fused-ring (bicyclic) bond motifs is 1. The SMILES string of the molecule is CCOC(=O)C1=C(c2ccccc2)N=c2s/c(=C\c3ccccc3OCc3ccccc3F)c(=O)n2[C@@H]1c1cccc(OC)c1. The minimum absolute atomic E-state index is 0.0257. The van der Waals surface area contributed by atoms with Crippen LogP contribution >= 0.6 is 11.3 Å². The molecular weight excluding hydrogens is 591 g/mol. The molecule has 1 aliphatic rings. The number of carbonyl (C=O) groups excluding carboxylic acids is 1. The molecule has 0 N–H and O–H groups in total. The number of carbonyl (C=O) groups is 1. The Labute approximate surface area is 262 Å². The highest BCUT2D eigenvalue weighted by Gasteiger charge is 2.35. The van der Waals surface area contributed by atoms with Gasteiger partial charge in [0.05, 0.1) is 35.6 Å². The van der Waals surface area contributed by atoms with Crippen molar-refractivity contribution in [2.45, 2.75) is 19.6 Å². The lowest BCUT2D eigenvalue weighted by Crippen LogP contribution is -2.40. The zero-order chi connectivity index (χ0) is 31.3. The first-order valence-corrected chi connectivity index (χ1v) is 15.2. The fourth-order valence-corrected chi connectivity index (χ4v) is 6.20. The van der Waals surface area contributed by atoms with Crippen molar-refractivity contribution >= 4 is 29.1 Å². The molecule has 1 atom stereocenters. The standard InChI is InChI=1S/C36H29FN2O5S/c1-3-43-35(41)31-32(23-12-5-4-6-13-23)38-36-39(33(31)25-16-11-17-27(20-25)42-2)34(40)30(45-36)21-24-14-8-10-19-29(24)44-22-26-15-7-9-18-28(26)37/h4-21,33H,3,22H2,1-2H3/b30-21-/t33-/m1/s1. The Bertz CT molecular complexity index is 2080. The number of hydrogen-bond donors (Lipinski definition) is 0. The monoisotopic (exact) mass is 620 g/mol. The summed E-state index contributed by atoms with van der Waals surface area (Å²) in [5.41, 5.74) is 2.81. The predicted molar refractivity (Wildman–Crippen MR) is 171 cm³/mol. The molecule has 0 aliphatic carbocycles. The molecule has 1 aliphatic heterocycles. The number of nitrogens with zero attached hydrogens (tertiary/aromatic N) is 2. The van der Waals surface area contributed by atoms with E-state index in [0.717, 1.165) is 5.56 Å². The molecule has 4 aromatic carbocycles. The number of benzene rings is 4. The quantitative estimate of drug-likeness (QED) is 0.199. The minimum Gasteiger partial charge on any atom is -0.497 e. The summed E-state index contributed by atoms with van der Waals surface area (Å²) in [6.45, 7) is 1.92. The van der Waals surface area contributed by atoms with E-state index >= 15 is 0 Å². The molecule has 0 amide bonds. The largest absolute Gasteiger partial charge is 0.497 e. The van der Waals surface area contributed by atoms with E-state index in [0.29, 0.717) is 43.2 Å². The Morgan fingerprint density at radius 2 is 1.73 bits per heavy atom. The Hall–Kier alpha value is -5.28. The molecule has 6 rings (SSSR count). The lowest BCUT2D eigenvalue weighted by molar-refractivity contribution is -0.138. The number of ether oxygens (including phenoxy) is 3. The van der Waals surface area contributed by atoms with E-state index in [4.69, 9.17) is 19.2 Å². The van der Waals surface area contributed by atoms with Gasteiger partial charge in [0.1, 0.15) is 23.9 Å². The highest BCUT2D eigenvalue weighted by Crippen LogP contribution is 2.36. The van der Waals surface area contributed by atoms with Crippen LogP contribution in [-0.2, 0) is 16.1 Å². The summed E-state index contributed by atoms with van der Waals surface area (Å²) in [4.78, 5) is 33.2. The summed E-state index contributed by atoms with van der Waals surface area (Å²) in [5, 5.41) is 0. The Morgan fingerprint density at radius 1 is 0.978 bits per heavy atom. The van der Waals surface area contributed by atoms with Gasteiger partial charge in [0.25, 0.3) is 5.56 Å². The topological polar surface area (TPSA) is 79.1 Å². The third kappa shape index (κ3) is 6.07. The van der Waals surface area contributed by atoms with Gasteiger partial charge in [-0.25, -0.2) is 14.2 Å². The molecule has 1 aromatic heterocycles. The summed E-state index contributed by atoms with van der Waals surface area (Å²) in [7, 11) is 1.56. The molecule has 0 bridgehead atoms. The molecule has 0 saturated carbocycles. The number of esters is 1. The van der Waals surface area contributed by atoms with Crippen molar-refractivity contribution in [2.75, 3.05) is 13.7 Å². The average Bonchev–Trinajstić information content (AvgIpc) is 3.38. The molecule has 0 spiro atoms. The van der Waals surface area contributed by atoms with Crippen LogP contribution in [0.25, 0.3) is 11.8 Å². The zero-order valence-electron chi connectivity index (χ0n) is 24.6. The maximum Gasteiger partial charge on any atom is 0.338 e. The Morgan fingerprint density at radius 3 is 2.51 bits per heavy atom. The predicted octanol–water partition coefficient (Wildman–Crippen LogP) is 5.66. The van der Waals surface area contributed by atoms with Crippen molar-refractivity contribution < 1.29 is 23.4 Å². The van der Waals surface area contributed by atoms with E-state index < -0.39 is 12.0 Å². The third-order valence-electron chi connectivity index (χ3n) is 7.33. The first-order chi connectivity index (χ1) is 22.0. The van der Waals surface area contributed by atoms with Crippen LogP contribution < -0.4 is 24.4 Å². The molecular formula is C36H29FN2O5S. The van der Waals surface area contributed by atoms with Gasteiger partial charge in [-0.3, -0.25) is 9.36 Å². The van der Waals surface area contributed by atoms with Crippen molar-refractivity contribution in [3.8, 4) is 11.5 Å². The molecule has 0 saturated heterocycles. The van der Waals surface area contributed by atoms with Crippen LogP contribution in [0.2, 0.25) is 0 Å². The highest BCUT2D eigenvalue weighted by atomic mass is 32.1. The summed E-state index contributed by atoms with van der Waals surface area (Å²) >= 11 is 1.21. The van der Waals surface area contributed by atoms with Crippen LogP contribution in [0.5, 0.6) is 11.5 Å². The molecule has 2 heterocycles. The van der Waals surface area contributed by atoms with Crippen molar-refractivity contribution in [3.63, 3.8) is 0 Å². The molecule has 0 radical (unpaired) electrons. The minimum atomic E-state index is -0.833. The van der Waals surface area contributed by atoms with Gasteiger partial charge in [0, 0.05) is 16.7 Å². The maximum absolute atomic E-state index is 14.3. The van der Waals surface area contributed by atoms with Crippen molar-refractivity contribution in [1.29, 1.82) is 0 Å². The van der Waals surface area contributed by atoms with Crippen LogP contribution in [0.3, 0.4) is 0 Å². The summed E-state index contributed by atoms with van der Waals surface area (Å²) in [6, 6.07) is 29.5. The maximum atomic E-state index is 14.3. The van der Waals surface area contributed by atoms with E-state index in [9.17, 15) is 14.0 Å². The lowest BCUT2D eigenvalue weighted by Gasteiger charge is -2.26. The second-order valence-corrected chi connectivity index (χ2v) is 11.1. The number of rotatable bonds is 9. The van der Waals surface area contributed by atoms with Gasteiger partial charge in [-0.15, -0.1) is 0 Å². The lowest BCUT2D eigenvalue weighted by atomic mass is 9.93. The summed E-state index contributed by atoms with van der Waals surface area (Å²) < 4.78 is 33.2. The van der Waals surface area contributed by atoms with Gasteiger partial charge in [-0.05, 0) is 42.8 Å². The molecule has 5 aromatic rings. The Balaban J connectivity index is 1.54. The van der Waals surface area contributed by atoms with Crippen LogP contribution in [0, 0.1) is 5.82 Å². The molecule has 45 heavy (non-hydrogen) atoms. The number of aromatic nitrogens is 1. The molecule has 9 heteroatoms. The number of methoxy groups -OCH3 is 1. The molecule has 0 unspecified atom stereocenters. The van der Waals surface area contributed by atoms with Gasteiger partial charge in [0.2, 0.25) is 0 Å². The van der Waals surface area contributed by atoms with Crippen LogP contribution in [0.4, 0.5) is 4.39 Å². The van der Waals surface area contributed by atoms with Gasteiger partial charge < -0.3 is 14.2 Å². The van der Waals surface area contributed by atoms with E-state index in [1.807, 2.05) is 60.7 Å². The number of hydrogen-bond acceptors (Lipinski definition) is 7. The number of thiazole rings is 1. The van der Waals surface area contributed by atoms with E-state index in [-0.39, 0.29) is 30.2 Å². The van der Waals surface area contributed by atoms with E-state index in [1.165, 1.54) is 22.0 Å². The fourth-order valence-electron chi connectivity index (χ4n) is 5.21. The van der Waals surface area contributed by atoms with Gasteiger partial charge >= 0.3 is 5.97 Å². The van der Waals surface area contributed by atoms with Crippen LogP contribution in [-0.4, -0.2) is 24.3 Å². The zero-order valence-corrected chi connectivity index (χ0v) is 25.4. The molecule has 7 nitrogen and oxygen atoms in total. The van der Waals surface area contributed by atoms with Crippen molar-refractivity contribution in [1.82, 2.24) is 4.57 Å². The van der Waals surface area contributed by atoms with Crippen molar-refractivity contribution in [2.24, 2.45) is 4.99 Å². The summed E-state index contributed by atoms with van der Waals surface area (Å²) in [6.07, 6.45) is 1.74. The normalized spacial score (nSPS) is 14.5. The highest BCUT2D eigenvalue weighted by molar-refractivity contribution is 7.07. The van der Waals surface area contributed by atoms with Crippen molar-refractivity contribution in [3.05, 3.63) is 156 Å². The van der Waals surface area contributed by atoms with Crippen LogP contribution in [0.15, 0.2) is 118 Å². The van der Waals surface area contributed by atoms with Crippen LogP contribution in [0.1, 0.15) is 35.2 Å². The third-order valence-corrected chi connectivity index (χ3v) is 8.31. The smallest absolute Gasteiger partial charge is 0.338 e. The molecule has 226 valence electrons. The van der Waals surface area contributed by atoms with Gasteiger partial charge in [-0.1, -0.05) is 90.2 Å². The van der Waals surface area contributed by atoms with E-state index in [2.05, 4.69) is 0 Å². The second kappa shape index (κ2) is 13.2. The Kier molecular flexibility index (Phi) is 8.70. The second-order valence-electron chi connectivity index (χ2n) is 10.1.